The molecule has 6 nitrogen and oxygen atoms in total. The van der Waals surface area contributed by atoms with Crippen LogP contribution in [0.3, 0.4) is 0 Å². The fourth-order valence-corrected chi connectivity index (χ4v) is 3.04. The molecule has 0 spiro atoms. The Bertz CT molecular complexity index is 519. The number of benzene rings is 1. The molecule has 2 rings (SSSR count). The highest BCUT2D eigenvalue weighted by Gasteiger charge is 2.25. The minimum absolute atomic E-state index is 0. The maximum atomic E-state index is 12.1. The van der Waals surface area contributed by atoms with Crippen molar-refractivity contribution in [3.8, 4) is 0 Å². The van der Waals surface area contributed by atoms with E-state index in [2.05, 4.69) is 10.2 Å². The van der Waals surface area contributed by atoms with Crippen molar-refractivity contribution in [1.29, 1.82) is 0 Å². The molecule has 1 fully saturated rings. The summed E-state index contributed by atoms with van der Waals surface area (Å²) < 4.78 is 0. The van der Waals surface area contributed by atoms with Gasteiger partial charge < -0.3 is 10.4 Å². The minimum Gasteiger partial charge on any atom is -0.480 e. The number of amides is 1. The zero-order valence-corrected chi connectivity index (χ0v) is 14.8. The van der Waals surface area contributed by atoms with Gasteiger partial charge >= 0.3 is 5.97 Å². The zero-order valence-electron chi connectivity index (χ0n) is 14.0. The summed E-state index contributed by atoms with van der Waals surface area (Å²) in [5, 5.41) is 11.8. The lowest BCUT2D eigenvalue weighted by molar-refractivity contribution is -0.139. The van der Waals surface area contributed by atoms with Gasteiger partial charge in [-0.3, -0.25) is 19.4 Å². The summed E-state index contributed by atoms with van der Waals surface area (Å²) in [6.45, 7) is 4.85. The average molecular weight is 356 g/mol. The number of carbonyl (C=O) groups is 2. The molecule has 1 aliphatic rings. The molecule has 0 unspecified atom stereocenters. The number of aliphatic carboxylic acids is 1. The Morgan fingerprint density at radius 2 is 1.88 bits per heavy atom. The molecule has 0 bridgehead atoms. The monoisotopic (exact) mass is 355 g/mol. The maximum absolute atomic E-state index is 12.1. The predicted molar refractivity (Wildman–Crippen MR) is 96.7 cm³/mol. The van der Waals surface area contributed by atoms with Crippen LogP contribution in [0.25, 0.3) is 0 Å². The summed E-state index contributed by atoms with van der Waals surface area (Å²) >= 11 is 0. The third kappa shape index (κ3) is 6.47. The van der Waals surface area contributed by atoms with Crippen LogP contribution in [0, 0.1) is 0 Å². The van der Waals surface area contributed by atoms with Gasteiger partial charge in [-0.05, 0) is 31.5 Å². The van der Waals surface area contributed by atoms with E-state index in [0.29, 0.717) is 12.6 Å². The van der Waals surface area contributed by atoms with E-state index in [1.807, 2.05) is 42.2 Å². The van der Waals surface area contributed by atoms with Crippen LogP contribution in [0.2, 0.25) is 0 Å². The summed E-state index contributed by atoms with van der Waals surface area (Å²) in [6, 6.07) is 9.73. The molecular weight excluding hydrogens is 330 g/mol. The predicted octanol–water partition coefficient (Wildman–Crippen LogP) is 1.92. The molecule has 1 aromatic carbocycles. The molecule has 0 aliphatic carbocycles. The second-order valence-electron chi connectivity index (χ2n) is 5.88. The summed E-state index contributed by atoms with van der Waals surface area (Å²) in [7, 11) is 0. The third-order valence-electron chi connectivity index (χ3n) is 4.24. The number of hydrogen-bond acceptors (Lipinski definition) is 4. The van der Waals surface area contributed by atoms with Crippen molar-refractivity contribution in [2.45, 2.75) is 25.8 Å². The van der Waals surface area contributed by atoms with Crippen LogP contribution in [0.5, 0.6) is 0 Å². The van der Waals surface area contributed by atoms with Crippen LogP contribution in [-0.4, -0.2) is 65.5 Å². The highest BCUT2D eigenvalue weighted by atomic mass is 35.5. The second kappa shape index (κ2) is 10.3. The number of hydrogen-bond donors (Lipinski definition) is 2. The molecule has 1 heterocycles. The second-order valence-corrected chi connectivity index (χ2v) is 5.88. The maximum Gasteiger partial charge on any atom is 0.317 e. The van der Waals surface area contributed by atoms with Crippen molar-refractivity contribution >= 4 is 30.0 Å². The van der Waals surface area contributed by atoms with Crippen molar-refractivity contribution in [3.05, 3.63) is 30.3 Å². The molecule has 2 N–H and O–H groups in total. The molecular formula is C17H26ClN3O3. The van der Waals surface area contributed by atoms with E-state index in [9.17, 15) is 9.59 Å². The Labute approximate surface area is 149 Å². The highest BCUT2D eigenvalue weighted by Crippen LogP contribution is 2.16. The first-order chi connectivity index (χ1) is 11.1. The number of nitrogens with zero attached hydrogens (tertiary/aromatic N) is 2. The first-order valence-electron chi connectivity index (χ1n) is 8.11. The number of anilines is 1. The van der Waals surface area contributed by atoms with Gasteiger partial charge in [0.15, 0.2) is 0 Å². The fourth-order valence-electron chi connectivity index (χ4n) is 3.04. The zero-order chi connectivity index (χ0) is 16.7. The van der Waals surface area contributed by atoms with Crippen LogP contribution < -0.4 is 5.32 Å². The van der Waals surface area contributed by atoms with Gasteiger partial charge in [-0.2, -0.15) is 0 Å². The Morgan fingerprint density at radius 1 is 1.25 bits per heavy atom. The van der Waals surface area contributed by atoms with Crippen LogP contribution >= 0.6 is 12.4 Å². The topological polar surface area (TPSA) is 72.9 Å². The SMILES string of the molecule is CCN(CC(=O)O)C1CCN(CC(=O)Nc2ccccc2)CC1.Cl. The Kier molecular flexibility index (Phi) is 8.74. The number of rotatable bonds is 7. The Hall–Kier alpha value is -1.63. The number of piperidine rings is 1. The number of halogens is 1. The van der Waals surface area contributed by atoms with Gasteiger partial charge in [0.2, 0.25) is 5.91 Å². The molecule has 7 heteroatoms. The number of nitrogens with one attached hydrogen (secondary N) is 1. The summed E-state index contributed by atoms with van der Waals surface area (Å²) in [5.74, 6) is -0.788. The highest BCUT2D eigenvalue weighted by molar-refractivity contribution is 5.92. The van der Waals surface area contributed by atoms with Crippen molar-refractivity contribution in [2.75, 3.05) is 38.0 Å². The fraction of sp³-hybridized carbons (Fsp3) is 0.529. The van der Waals surface area contributed by atoms with Gasteiger partial charge in [0.25, 0.3) is 0 Å². The quantitative estimate of drug-likeness (QED) is 0.781. The number of likely N-dealkylation sites (N-methyl/N-ethyl adjacent to an activating group) is 1. The molecule has 1 aromatic rings. The van der Waals surface area contributed by atoms with E-state index in [-0.39, 0.29) is 24.9 Å². The Morgan fingerprint density at radius 3 is 2.42 bits per heavy atom. The summed E-state index contributed by atoms with van der Waals surface area (Å²) in [6.07, 6.45) is 1.81. The number of carboxylic acid groups (broad SMARTS) is 1. The van der Waals surface area contributed by atoms with Crippen LogP contribution in [0.15, 0.2) is 30.3 Å². The third-order valence-corrected chi connectivity index (χ3v) is 4.24. The summed E-state index contributed by atoms with van der Waals surface area (Å²) in [5.41, 5.74) is 0.811. The molecule has 1 aliphatic heterocycles. The first-order valence-corrected chi connectivity index (χ1v) is 8.11. The van der Waals surface area contributed by atoms with Gasteiger partial charge in [0, 0.05) is 24.8 Å². The van der Waals surface area contributed by atoms with Gasteiger partial charge in [-0.15, -0.1) is 12.4 Å². The van der Waals surface area contributed by atoms with Crippen molar-refractivity contribution in [3.63, 3.8) is 0 Å². The number of likely N-dealkylation sites (tertiary alicyclic amines) is 1. The normalized spacial score (nSPS) is 15.8. The molecule has 134 valence electrons. The van der Waals surface area contributed by atoms with E-state index >= 15 is 0 Å². The molecule has 0 atom stereocenters. The standard InChI is InChI=1S/C17H25N3O3.ClH/c1-2-20(13-17(22)23)15-8-10-19(11-9-15)12-16(21)18-14-6-4-3-5-7-14;/h3-7,15H,2,8-13H2,1H3,(H,18,21)(H,22,23);1H. The van der Waals surface area contributed by atoms with Gasteiger partial charge in [0.05, 0.1) is 13.1 Å². The van der Waals surface area contributed by atoms with Crippen LogP contribution in [0.1, 0.15) is 19.8 Å². The number of para-hydroxylation sites is 1. The van der Waals surface area contributed by atoms with E-state index in [1.54, 1.807) is 0 Å². The van der Waals surface area contributed by atoms with Crippen molar-refractivity contribution < 1.29 is 14.7 Å². The van der Waals surface area contributed by atoms with E-state index in [0.717, 1.165) is 38.2 Å². The average Bonchev–Trinajstić information content (AvgIpc) is 2.54. The van der Waals surface area contributed by atoms with Gasteiger partial charge in [-0.25, -0.2) is 0 Å². The molecule has 0 aromatic heterocycles. The largest absolute Gasteiger partial charge is 0.480 e. The molecule has 1 saturated heterocycles. The van der Waals surface area contributed by atoms with Crippen molar-refractivity contribution in [1.82, 2.24) is 9.80 Å². The molecule has 0 radical (unpaired) electrons. The molecule has 1 amide bonds. The lowest BCUT2D eigenvalue weighted by atomic mass is 10.0. The van der Waals surface area contributed by atoms with Crippen molar-refractivity contribution in [2.24, 2.45) is 0 Å². The Balaban J connectivity index is 0.00000288. The van der Waals surface area contributed by atoms with E-state index in [1.165, 1.54) is 0 Å². The molecule has 0 saturated carbocycles. The van der Waals surface area contributed by atoms with E-state index in [4.69, 9.17) is 5.11 Å². The lowest BCUT2D eigenvalue weighted by Crippen LogP contribution is -2.48. The number of carboxylic acids is 1. The van der Waals surface area contributed by atoms with Gasteiger partial charge in [-0.1, -0.05) is 25.1 Å². The molecule has 24 heavy (non-hydrogen) atoms. The minimum atomic E-state index is -0.781. The van der Waals surface area contributed by atoms with Crippen LogP contribution in [0.4, 0.5) is 5.69 Å². The number of carbonyl (C=O) groups excluding carboxylic acids is 1. The summed E-state index contributed by atoms with van der Waals surface area (Å²) in [4.78, 5) is 27.1. The van der Waals surface area contributed by atoms with Gasteiger partial charge in [0.1, 0.15) is 0 Å². The van der Waals surface area contributed by atoms with Crippen LogP contribution in [-0.2, 0) is 9.59 Å². The van der Waals surface area contributed by atoms with E-state index < -0.39 is 5.97 Å². The smallest absolute Gasteiger partial charge is 0.317 e. The first kappa shape index (κ1) is 20.4. The lowest BCUT2D eigenvalue weighted by Gasteiger charge is -2.37.